The average molecular weight is 396 g/mol. The van der Waals surface area contributed by atoms with Crippen LogP contribution in [0.2, 0.25) is 0 Å². The highest BCUT2D eigenvalue weighted by Gasteiger charge is 2.24. The van der Waals surface area contributed by atoms with Gasteiger partial charge in [0.2, 0.25) is 0 Å². The molecular formula is C23H25NO3S. The summed E-state index contributed by atoms with van der Waals surface area (Å²) in [5.74, 6) is 1.77. The summed E-state index contributed by atoms with van der Waals surface area (Å²) in [7, 11) is 0. The van der Waals surface area contributed by atoms with Crippen molar-refractivity contribution in [3.63, 3.8) is 0 Å². The van der Waals surface area contributed by atoms with Gasteiger partial charge in [0.05, 0.1) is 6.61 Å². The third-order valence-corrected chi connectivity index (χ3v) is 5.61. The predicted octanol–water partition coefficient (Wildman–Crippen LogP) is 4.56. The number of aryl methyl sites for hydroxylation is 1. The molecule has 146 valence electrons. The maximum absolute atomic E-state index is 8.89. The van der Waals surface area contributed by atoms with Gasteiger partial charge in [-0.05, 0) is 47.5 Å². The van der Waals surface area contributed by atoms with Crippen LogP contribution in [-0.2, 0) is 13.1 Å². The molecule has 1 atom stereocenters. The van der Waals surface area contributed by atoms with E-state index < -0.39 is 0 Å². The van der Waals surface area contributed by atoms with Crippen molar-refractivity contribution in [1.29, 1.82) is 0 Å². The molecule has 4 nitrogen and oxygen atoms in total. The Morgan fingerprint density at radius 3 is 2.79 bits per heavy atom. The van der Waals surface area contributed by atoms with Crippen LogP contribution in [0.25, 0.3) is 0 Å². The first-order chi connectivity index (χ1) is 13.7. The highest BCUT2D eigenvalue weighted by atomic mass is 32.1. The zero-order valence-electron chi connectivity index (χ0n) is 16.0. The highest BCUT2D eigenvalue weighted by molar-refractivity contribution is 7.07. The number of hydrogen-bond acceptors (Lipinski definition) is 5. The van der Waals surface area contributed by atoms with Crippen molar-refractivity contribution in [2.75, 3.05) is 19.8 Å². The van der Waals surface area contributed by atoms with Crippen LogP contribution in [0, 0.1) is 6.92 Å². The number of aliphatic hydroxyl groups is 1. The molecule has 4 rings (SSSR count). The first kappa shape index (κ1) is 19.0. The molecule has 0 amide bonds. The smallest absolute Gasteiger partial charge is 0.137 e. The summed E-state index contributed by atoms with van der Waals surface area (Å²) < 4.78 is 11.9. The van der Waals surface area contributed by atoms with Gasteiger partial charge in [-0.3, -0.25) is 4.90 Å². The number of ether oxygens (including phenoxy) is 2. The van der Waals surface area contributed by atoms with E-state index >= 15 is 0 Å². The van der Waals surface area contributed by atoms with E-state index in [2.05, 4.69) is 59.0 Å². The van der Waals surface area contributed by atoms with Crippen LogP contribution in [-0.4, -0.2) is 29.8 Å². The second-order valence-electron chi connectivity index (χ2n) is 7.16. The van der Waals surface area contributed by atoms with Crippen molar-refractivity contribution in [3.8, 4) is 11.5 Å². The molecule has 0 radical (unpaired) electrons. The Morgan fingerprint density at radius 1 is 1.18 bits per heavy atom. The standard InChI is InChI=1S/C23H25NO3S/c1-17-2-7-22-20(12-17)14-24(15-23(27-22)19-8-11-28-16-19)13-18-3-5-21(6-4-18)26-10-9-25/h2-8,11-12,16,23,25H,9-10,13-15H2,1H3/t23-/m0/s1. The summed E-state index contributed by atoms with van der Waals surface area (Å²) in [4.78, 5) is 2.44. The molecule has 28 heavy (non-hydrogen) atoms. The van der Waals surface area contributed by atoms with Crippen LogP contribution in [0.1, 0.15) is 28.4 Å². The molecule has 0 saturated carbocycles. The number of benzene rings is 2. The number of nitrogens with zero attached hydrogens (tertiary/aromatic N) is 1. The molecular weight excluding hydrogens is 370 g/mol. The van der Waals surface area contributed by atoms with Crippen LogP contribution >= 0.6 is 11.3 Å². The summed E-state index contributed by atoms with van der Waals surface area (Å²) in [6, 6.07) is 16.7. The Bertz CT molecular complexity index is 893. The van der Waals surface area contributed by atoms with Crippen molar-refractivity contribution in [1.82, 2.24) is 4.90 Å². The lowest BCUT2D eigenvalue weighted by molar-refractivity contribution is 0.144. The molecule has 0 fully saturated rings. The molecule has 1 aliphatic rings. The van der Waals surface area contributed by atoms with Gasteiger partial charge < -0.3 is 14.6 Å². The molecule has 0 unspecified atom stereocenters. The normalized spacial score (nSPS) is 16.9. The van der Waals surface area contributed by atoms with E-state index in [1.54, 1.807) is 11.3 Å². The topological polar surface area (TPSA) is 41.9 Å². The Labute approximate surface area is 170 Å². The molecule has 2 heterocycles. The SMILES string of the molecule is Cc1ccc2c(c1)CN(Cc1ccc(OCCO)cc1)C[C@@H](c1ccsc1)O2. The molecule has 1 aliphatic heterocycles. The minimum atomic E-state index is 0.0261. The van der Waals surface area contributed by atoms with Gasteiger partial charge in [0.15, 0.2) is 0 Å². The lowest BCUT2D eigenvalue weighted by Crippen LogP contribution is -2.27. The van der Waals surface area contributed by atoms with Crippen molar-refractivity contribution < 1.29 is 14.6 Å². The third-order valence-electron chi connectivity index (χ3n) is 4.91. The van der Waals surface area contributed by atoms with Gasteiger partial charge in [0, 0.05) is 30.8 Å². The summed E-state index contributed by atoms with van der Waals surface area (Å²) >= 11 is 1.71. The van der Waals surface area contributed by atoms with Crippen molar-refractivity contribution in [2.24, 2.45) is 0 Å². The molecule has 2 aromatic carbocycles. The Morgan fingerprint density at radius 2 is 2.04 bits per heavy atom. The zero-order valence-corrected chi connectivity index (χ0v) is 16.8. The fourth-order valence-electron chi connectivity index (χ4n) is 3.54. The molecule has 0 spiro atoms. The summed E-state index contributed by atoms with van der Waals surface area (Å²) in [6.45, 7) is 5.02. The largest absolute Gasteiger partial charge is 0.491 e. The summed E-state index contributed by atoms with van der Waals surface area (Å²) in [5, 5.41) is 13.2. The van der Waals surface area contributed by atoms with E-state index in [0.29, 0.717) is 6.61 Å². The van der Waals surface area contributed by atoms with Gasteiger partial charge in [0.1, 0.15) is 24.2 Å². The van der Waals surface area contributed by atoms with Gasteiger partial charge in [-0.1, -0.05) is 29.8 Å². The number of aliphatic hydroxyl groups excluding tert-OH is 1. The highest BCUT2D eigenvalue weighted by Crippen LogP contribution is 2.33. The van der Waals surface area contributed by atoms with E-state index in [9.17, 15) is 0 Å². The van der Waals surface area contributed by atoms with Crippen LogP contribution in [0.3, 0.4) is 0 Å². The van der Waals surface area contributed by atoms with Crippen LogP contribution in [0.15, 0.2) is 59.3 Å². The van der Waals surface area contributed by atoms with E-state index in [1.165, 1.54) is 22.3 Å². The molecule has 1 aromatic heterocycles. The Hall–Kier alpha value is -2.34. The number of fused-ring (bicyclic) bond motifs is 1. The maximum Gasteiger partial charge on any atom is 0.137 e. The summed E-state index contributed by atoms with van der Waals surface area (Å²) in [6.07, 6.45) is 0.0300. The van der Waals surface area contributed by atoms with E-state index in [4.69, 9.17) is 14.6 Å². The average Bonchev–Trinajstić information content (AvgIpc) is 3.17. The second-order valence-corrected chi connectivity index (χ2v) is 7.94. The second kappa shape index (κ2) is 8.78. The quantitative estimate of drug-likeness (QED) is 0.664. The van der Waals surface area contributed by atoms with E-state index in [0.717, 1.165) is 31.1 Å². The van der Waals surface area contributed by atoms with Gasteiger partial charge >= 0.3 is 0 Å². The van der Waals surface area contributed by atoms with E-state index in [-0.39, 0.29) is 12.7 Å². The summed E-state index contributed by atoms with van der Waals surface area (Å²) in [5.41, 5.74) is 4.95. The molecule has 0 bridgehead atoms. The third kappa shape index (κ3) is 4.55. The van der Waals surface area contributed by atoms with Crippen molar-refractivity contribution in [2.45, 2.75) is 26.1 Å². The fraction of sp³-hybridized carbons (Fsp3) is 0.304. The predicted molar refractivity (Wildman–Crippen MR) is 112 cm³/mol. The minimum absolute atomic E-state index is 0.0261. The van der Waals surface area contributed by atoms with Crippen LogP contribution < -0.4 is 9.47 Å². The zero-order chi connectivity index (χ0) is 19.3. The molecule has 5 heteroatoms. The Balaban J connectivity index is 1.55. The molecule has 3 aromatic rings. The minimum Gasteiger partial charge on any atom is -0.491 e. The van der Waals surface area contributed by atoms with Crippen LogP contribution in [0.5, 0.6) is 11.5 Å². The van der Waals surface area contributed by atoms with Gasteiger partial charge in [-0.15, -0.1) is 0 Å². The first-order valence-corrected chi connectivity index (χ1v) is 10.5. The van der Waals surface area contributed by atoms with Crippen molar-refractivity contribution in [3.05, 3.63) is 81.5 Å². The number of rotatable bonds is 6. The molecule has 0 aliphatic carbocycles. The fourth-order valence-corrected chi connectivity index (χ4v) is 4.24. The number of hydrogen-bond donors (Lipinski definition) is 1. The van der Waals surface area contributed by atoms with E-state index in [1.807, 2.05) is 12.1 Å². The van der Waals surface area contributed by atoms with Gasteiger partial charge in [0.25, 0.3) is 0 Å². The lowest BCUT2D eigenvalue weighted by atomic mass is 10.1. The Kier molecular flexibility index (Phi) is 5.95. The molecule has 0 saturated heterocycles. The monoisotopic (exact) mass is 395 g/mol. The lowest BCUT2D eigenvalue weighted by Gasteiger charge is -2.23. The first-order valence-electron chi connectivity index (χ1n) is 9.54. The maximum atomic E-state index is 8.89. The van der Waals surface area contributed by atoms with Gasteiger partial charge in [-0.2, -0.15) is 11.3 Å². The van der Waals surface area contributed by atoms with Crippen LogP contribution in [0.4, 0.5) is 0 Å². The van der Waals surface area contributed by atoms with Crippen molar-refractivity contribution >= 4 is 11.3 Å². The molecule has 1 N–H and O–H groups in total. The van der Waals surface area contributed by atoms with Gasteiger partial charge in [-0.25, -0.2) is 0 Å². The number of thiophene rings is 1.